The van der Waals surface area contributed by atoms with E-state index < -0.39 is 0 Å². The third-order valence-corrected chi connectivity index (χ3v) is 5.78. The van der Waals surface area contributed by atoms with Crippen LogP contribution in [0.3, 0.4) is 0 Å². The Morgan fingerprint density at radius 2 is 0.727 bits per heavy atom. The predicted molar refractivity (Wildman–Crippen MR) is 237 cm³/mol. The lowest BCUT2D eigenvalue weighted by atomic mass is 10.1. The quantitative estimate of drug-likeness (QED) is 0.171. The van der Waals surface area contributed by atoms with E-state index in [1.54, 1.807) is 43.5 Å². The molecule has 0 atom stereocenters. The van der Waals surface area contributed by atoms with Crippen molar-refractivity contribution in [2.45, 2.75) is 168 Å². The van der Waals surface area contributed by atoms with Crippen LogP contribution in [0.25, 0.3) is 0 Å². The average molecular weight is 761 g/mol. The standard InChI is InChI=1S/C8H11N.3C7H10N2.C6H9N3.5C2H6/c1-7(2)8-5-3-4-6-9-8;1-6(2)7-5-8-3-4-9-7;1-6(2)7-3-4-8-5-9-7;1-6(2)7-8-4-3-5-9-7;1-5(2)6-8-3-7-4-9-6;5*1-2/h3-7H,1-2H3;3*3-6H,1-2H3;3-5H,1-2H3;5*1-2H3. The zero-order chi connectivity index (χ0) is 43.5. The molecule has 5 heterocycles. The van der Waals surface area contributed by atoms with Gasteiger partial charge in [-0.05, 0) is 42.0 Å². The number of rotatable bonds is 5. The fraction of sp³-hybridized carbons (Fsp3) is 0.556. The van der Waals surface area contributed by atoms with Crippen molar-refractivity contribution < 1.29 is 0 Å². The highest BCUT2D eigenvalue weighted by Gasteiger charge is 1.99. The van der Waals surface area contributed by atoms with E-state index in [9.17, 15) is 0 Å². The van der Waals surface area contributed by atoms with Crippen LogP contribution in [0, 0.1) is 0 Å². The normalized spacial score (nSPS) is 8.82. The summed E-state index contributed by atoms with van der Waals surface area (Å²) in [5.74, 6) is 4.14. The SMILES string of the molecule is CC.CC.CC.CC.CC.CC(C)c1ccccn1.CC(C)c1ccncn1.CC(C)c1cnccn1.CC(C)c1ncccn1.CC(C)c1ncncn1. The first-order chi connectivity index (χ1) is 26.5. The summed E-state index contributed by atoms with van der Waals surface area (Å²) in [6, 6.07) is 9.76. The molecule has 10 nitrogen and oxygen atoms in total. The second-order valence-electron chi connectivity index (χ2n) is 11.4. The van der Waals surface area contributed by atoms with Crippen molar-refractivity contribution in [2.75, 3.05) is 0 Å². The summed E-state index contributed by atoms with van der Waals surface area (Å²) in [4.78, 5) is 39.9. The first-order valence-electron chi connectivity index (χ1n) is 20.3. The van der Waals surface area contributed by atoms with Crippen molar-refractivity contribution in [3.63, 3.8) is 0 Å². The van der Waals surface area contributed by atoms with Crippen LogP contribution < -0.4 is 0 Å². The number of hydrogen-bond donors (Lipinski definition) is 0. The Morgan fingerprint density at radius 1 is 0.309 bits per heavy atom. The third-order valence-electron chi connectivity index (χ3n) is 5.78. The van der Waals surface area contributed by atoms with Gasteiger partial charge in [-0.25, -0.2) is 34.9 Å². The number of nitrogens with zero attached hydrogens (tertiary/aromatic N) is 10. The summed E-state index contributed by atoms with van der Waals surface area (Å²) in [6.07, 6.45) is 16.9. The lowest BCUT2D eigenvalue weighted by molar-refractivity contribution is 0.759. The fourth-order valence-corrected chi connectivity index (χ4v) is 3.12. The monoisotopic (exact) mass is 761 g/mol. The Morgan fingerprint density at radius 3 is 1.00 bits per heavy atom. The highest BCUT2D eigenvalue weighted by atomic mass is 15.0. The smallest absolute Gasteiger partial charge is 0.134 e. The van der Waals surface area contributed by atoms with E-state index >= 15 is 0 Å². The van der Waals surface area contributed by atoms with Gasteiger partial charge in [-0.2, -0.15) is 0 Å². The van der Waals surface area contributed by atoms with Crippen LogP contribution in [-0.4, -0.2) is 49.8 Å². The molecular weight excluding hydrogens is 681 g/mol. The van der Waals surface area contributed by atoms with E-state index in [1.165, 1.54) is 12.7 Å². The van der Waals surface area contributed by atoms with Crippen LogP contribution >= 0.6 is 0 Å². The van der Waals surface area contributed by atoms with Gasteiger partial charge in [0.25, 0.3) is 0 Å². The Labute approximate surface area is 338 Å². The van der Waals surface area contributed by atoms with Crippen LogP contribution in [0.5, 0.6) is 0 Å². The molecule has 0 aliphatic rings. The van der Waals surface area contributed by atoms with Crippen molar-refractivity contribution in [1.29, 1.82) is 0 Å². The number of pyridine rings is 1. The minimum atomic E-state index is 0.396. The molecule has 0 aromatic carbocycles. The minimum Gasteiger partial charge on any atom is -0.261 e. The van der Waals surface area contributed by atoms with Gasteiger partial charge in [0, 0.05) is 66.6 Å². The molecule has 10 heteroatoms. The Balaban J connectivity index is -0.000000179. The van der Waals surface area contributed by atoms with Gasteiger partial charge in [0.05, 0.1) is 5.69 Å². The highest BCUT2D eigenvalue weighted by molar-refractivity contribution is 5.07. The predicted octanol–water partition coefficient (Wildman–Crippen LogP) is 13.1. The third kappa shape index (κ3) is 36.2. The summed E-state index contributed by atoms with van der Waals surface area (Å²) in [5, 5.41) is 0. The van der Waals surface area contributed by atoms with Gasteiger partial charge in [-0.3, -0.25) is 15.0 Å². The molecule has 0 saturated heterocycles. The van der Waals surface area contributed by atoms with Gasteiger partial charge >= 0.3 is 0 Å². The molecule has 0 spiro atoms. The number of aromatic nitrogens is 10. The van der Waals surface area contributed by atoms with Gasteiger partial charge in [-0.1, -0.05) is 145 Å². The van der Waals surface area contributed by atoms with Crippen molar-refractivity contribution in [3.05, 3.63) is 121 Å². The largest absolute Gasteiger partial charge is 0.261 e. The van der Waals surface area contributed by atoms with E-state index in [1.807, 2.05) is 106 Å². The second kappa shape index (κ2) is 45.6. The molecule has 5 aromatic rings. The fourth-order valence-electron chi connectivity index (χ4n) is 3.12. The van der Waals surface area contributed by atoms with Crippen LogP contribution in [0.15, 0.2) is 92.7 Å². The van der Waals surface area contributed by atoms with E-state index in [-0.39, 0.29) is 0 Å². The molecule has 310 valence electrons. The highest BCUT2D eigenvalue weighted by Crippen LogP contribution is 2.09. The van der Waals surface area contributed by atoms with Crippen molar-refractivity contribution in [2.24, 2.45) is 0 Å². The van der Waals surface area contributed by atoms with Crippen LogP contribution in [-0.2, 0) is 0 Å². The Hall–Kier alpha value is -4.60. The van der Waals surface area contributed by atoms with Gasteiger partial charge in [-0.15, -0.1) is 0 Å². The molecule has 0 saturated carbocycles. The first kappa shape index (κ1) is 59.7. The number of hydrogen-bond acceptors (Lipinski definition) is 10. The molecule has 0 fully saturated rings. The van der Waals surface area contributed by atoms with Crippen molar-refractivity contribution in [3.8, 4) is 0 Å². The van der Waals surface area contributed by atoms with E-state index in [2.05, 4.69) is 119 Å². The second-order valence-corrected chi connectivity index (χ2v) is 11.4. The maximum atomic E-state index is 4.18. The van der Waals surface area contributed by atoms with Crippen molar-refractivity contribution >= 4 is 0 Å². The molecular formula is C45H80N10. The summed E-state index contributed by atoms with van der Waals surface area (Å²) in [6.45, 7) is 41.0. The lowest BCUT2D eigenvalue weighted by Gasteiger charge is -2.00. The van der Waals surface area contributed by atoms with Crippen molar-refractivity contribution in [1.82, 2.24) is 49.8 Å². The van der Waals surface area contributed by atoms with Gasteiger partial charge in [0.2, 0.25) is 0 Å². The van der Waals surface area contributed by atoms with E-state index in [0.29, 0.717) is 29.6 Å². The van der Waals surface area contributed by atoms with Crippen LogP contribution in [0.1, 0.15) is 197 Å². The topological polar surface area (TPSA) is 129 Å². The summed E-state index contributed by atoms with van der Waals surface area (Å²) >= 11 is 0. The summed E-state index contributed by atoms with van der Waals surface area (Å²) in [7, 11) is 0. The zero-order valence-corrected chi connectivity index (χ0v) is 38.5. The molecule has 5 aromatic heterocycles. The minimum absolute atomic E-state index is 0.396. The molecule has 0 aliphatic heterocycles. The molecule has 0 radical (unpaired) electrons. The molecule has 0 amide bonds. The first-order valence-corrected chi connectivity index (χ1v) is 20.3. The summed E-state index contributed by atoms with van der Waals surface area (Å²) in [5.41, 5.74) is 3.32. The van der Waals surface area contributed by atoms with Crippen LogP contribution in [0.4, 0.5) is 0 Å². The molecule has 0 bridgehead atoms. The summed E-state index contributed by atoms with van der Waals surface area (Å²) < 4.78 is 0. The molecule has 5 rings (SSSR count). The Kier molecular flexibility index (Phi) is 49.4. The maximum Gasteiger partial charge on any atom is 0.134 e. The maximum absolute atomic E-state index is 4.18. The molecule has 0 N–H and O–H groups in total. The van der Waals surface area contributed by atoms with E-state index in [4.69, 9.17) is 0 Å². The molecule has 0 unspecified atom stereocenters. The Bertz CT molecular complexity index is 1100. The van der Waals surface area contributed by atoms with Crippen LogP contribution in [0.2, 0.25) is 0 Å². The molecule has 55 heavy (non-hydrogen) atoms. The molecule has 0 aliphatic carbocycles. The zero-order valence-electron chi connectivity index (χ0n) is 38.5. The van der Waals surface area contributed by atoms with Gasteiger partial charge in [0.15, 0.2) is 0 Å². The van der Waals surface area contributed by atoms with Gasteiger partial charge in [0.1, 0.15) is 30.6 Å². The van der Waals surface area contributed by atoms with Gasteiger partial charge < -0.3 is 0 Å². The average Bonchev–Trinajstić information content (AvgIpc) is 3.27. The lowest BCUT2D eigenvalue weighted by Crippen LogP contribution is -1.95. The van der Waals surface area contributed by atoms with E-state index in [0.717, 1.165) is 28.7 Å².